The lowest BCUT2D eigenvalue weighted by Crippen LogP contribution is -2.46. The summed E-state index contributed by atoms with van der Waals surface area (Å²) in [6.45, 7) is 4.77. The van der Waals surface area contributed by atoms with Gasteiger partial charge in [-0.2, -0.15) is 0 Å². The van der Waals surface area contributed by atoms with E-state index in [0.29, 0.717) is 0 Å². The van der Waals surface area contributed by atoms with Crippen LogP contribution in [-0.4, -0.2) is 63.2 Å². The lowest BCUT2D eigenvalue weighted by molar-refractivity contribution is 0.135. The third kappa shape index (κ3) is 3.63. The van der Waals surface area contributed by atoms with Crippen LogP contribution in [0.25, 0.3) is 0 Å². The second-order valence-electron chi connectivity index (χ2n) is 4.14. The highest BCUT2D eigenvalue weighted by atomic mass is 15.2. The highest BCUT2D eigenvalue weighted by Gasteiger charge is 2.20. The molecule has 0 spiro atoms. The van der Waals surface area contributed by atoms with Gasteiger partial charge in [-0.15, -0.1) is 0 Å². The smallest absolute Gasteiger partial charge is 0.0221 e. The largest absolute Gasteiger partial charge is 0.318 e. The van der Waals surface area contributed by atoms with Crippen molar-refractivity contribution >= 4 is 0 Å². The van der Waals surface area contributed by atoms with Gasteiger partial charge in [-0.3, -0.25) is 0 Å². The molecular weight excluding hydrogens is 162 g/mol. The fourth-order valence-corrected chi connectivity index (χ4v) is 1.97. The highest BCUT2D eigenvalue weighted by molar-refractivity contribution is 4.77. The van der Waals surface area contributed by atoms with Gasteiger partial charge in [0.05, 0.1) is 0 Å². The predicted octanol–water partition coefficient (Wildman–Crippen LogP) is 0.232. The van der Waals surface area contributed by atoms with E-state index < -0.39 is 0 Å². The van der Waals surface area contributed by atoms with Crippen LogP contribution < -0.4 is 5.32 Å². The fraction of sp³-hybridized carbons (Fsp3) is 1.00. The van der Waals surface area contributed by atoms with Crippen molar-refractivity contribution in [2.45, 2.75) is 18.9 Å². The molecule has 0 aliphatic carbocycles. The van der Waals surface area contributed by atoms with E-state index in [1.165, 1.54) is 25.9 Å². The Labute approximate surface area is 82.1 Å². The Morgan fingerprint density at radius 1 is 1.54 bits per heavy atom. The molecule has 1 N–H and O–H groups in total. The topological polar surface area (TPSA) is 18.5 Å². The van der Waals surface area contributed by atoms with Gasteiger partial charge >= 0.3 is 0 Å². The monoisotopic (exact) mass is 185 g/mol. The highest BCUT2D eigenvalue weighted by Crippen LogP contribution is 2.12. The van der Waals surface area contributed by atoms with Gasteiger partial charge in [-0.1, -0.05) is 0 Å². The van der Waals surface area contributed by atoms with Crippen molar-refractivity contribution in [2.24, 2.45) is 0 Å². The first-order chi connectivity index (χ1) is 6.24. The number of hydrogen-bond acceptors (Lipinski definition) is 3. The van der Waals surface area contributed by atoms with Crippen LogP contribution in [-0.2, 0) is 0 Å². The zero-order valence-corrected chi connectivity index (χ0v) is 9.21. The van der Waals surface area contributed by atoms with Crippen molar-refractivity contribution in [3.63, 3.8) is 0 Å². The lowest BCUT2D eigenvalue weighted by atomic mass is 10.1. The molecule has 0 saturated carbocycles. The molecule has 3 nitrogen and oxygen atoms in total. The Kier molecular flexibility index (Phi) is 4.70. The van der Waals surface area contributed by atoms with Crippen LogP contribution in [0.3, 0.4) is 0 Å². The lowest BCUT2D eigenvalue weighted by Gasteiger charge is -2.35. The average molecular weight is 185 g/mol. The predicted molar refractivity (Wildman–Crippen MR) is 57.1 cm³/mol. The molecule has 0 aromatic heterocycles. The molecule has 1 rings (SSSR count). The van der Waals surface area contributed by atoms with Crippen LogP contribution >= 0.6 is 0 Å². The first-order valence-electron chi connectivity index (χ1n) is 5.27. The SMILES string of the molecule is CNCCN(C)C1CCCN(C)C1. The van der Waals surface area contributed by atoms with Crippen LogP contribution in [0.1, 0.15) is 12.8 Å². The van der Waals surface area contributed by atoms with Crippen LogP contribution in [0.2, 0.25) is 0 Å². The molecule has 1 aliphatic rings. The van der Waals surface area contributed by atoms with Gasteiger partial charge in [0.1, 0.15) is 0 Å². The molecule has 0 bridgehead atoms. The van der Waals surface area contributed by atoms with E-state index in [4.69, 9.17) is 0 Å². The molecule has 0 radical (unpaired) electrons. The van der Waals surface area contributed by atoms with E-state index in [1.54, 1.807) is 0 Å². The van der Waals surface area contributed by atoms with Crippen molar-refractivity contribution in [3.05, 3.63) is 0 Å². The molecule has 0 amide bonds. The number of likely N-dealkylation sites (N-methyl/N-ethyl adjacent to an activating group) is 3. The summed E-state index contributed by atoms with van der Waals surface area (Å²) < 4.78 is 0. The van der Waals surface area contributed by atoms with E-state index in [-0.39, 0.29) is 0 Å². The van der Waals surface area contributed by atoms with Crippen LogP contribution in [0.5, 0.6) is 0 Å². The molecule has 13 heavy (non-hydrogen) atoms. The minimum atomic E-state index is 0.770. The van der Waals surface area contributed by atoms with Gasteiger partial charge in [-0.05, 0) is 40.5 Å². The Morgan fingerprint density at radius 3 is 2.92 bits per heavy atom. The summed E-state index contributed by atoms with van der Waals surface area (Å²) in [4.78, 5) is 4.91. The average Bonchev–Trinajstić information content (AvgIpc) is 2.14. The summed E-state index contributed by atoms with van der Waals surface area (Å²) in [5.74, 6) is 0. The summed E-state index contributed by atoms with van der Waals surface area (Å²) in [6.07, 6.45) is 2.72. The van der Waals surface area contributed by atoms with Gasteiger partial charge in [0.25, 0.3) is 0 Å². The van der Waals surface area contributed by atoms with E-state index >= 15 is 0 Å². The van der Waals surface area contributed by atoms with Crippen molar-refractivity contribution in [3.8, 4) is 0 Å². The standard InChI is InChI=1S/C10H23N3/c1-11-6-8-13(3)10-5-4-7-12(2)9-10/h10-11H,4-9H2,1-3H3. The van der Waals surface area contributed by atoms with Gasteiger partial charge in [0.15, 0.2) is 0 Å². The molecule has 1 unspecified atom stereocenters. The molecule has 3 heteroatoms. The Balaban J connectivity index is 2.24. The number of nitrogens with zero attached hydrogens (tertiary/aromatic N) is 2. The zero-order valence-electron chi connectivity index (χ0n) is 9.21. The second kappa shape index (κ2) is 5.58. The molecule has 78 valence electrons. The molecule has 0 aromatic carbocycles. The molecule has 1 aliphatic heterocycles. The van der Waals surface area contributed by atoms with Gasteiger partial charge in [0, 0.05) is 25.7 Å². The number of likely N-dealkylation sites (tertiary alicyclic amines) is 1. The molecule has 1 saturated heterocycles. The minimum absolute atomic E-state index is 0.770. The summed E-state index contributed by atoms with van der Waals surface area (Å²) in [6, 6.07) is 0.770. The molecule has 1 atom stereocenters. The molecular formula is C10H23N3. The van der Waals surface area contributed by atoms with Crippen molar-refractivity contribution < 1.29 is 0 Å². The van der Waals surface area contributed by atoms with Crippen molar-refractivity contribution in [1.29, 1.82) is 0 Å². The Hall–Kier alpha value is -0.120. The molecule has 1 heterocycles. The van der Waals surface area contributed by atoms with Crippen LogP contribution in [0.4, 0.5) is 0 Å². The molecule has 1 fully saturated rings. The summed E-state index contributed by atoms with van der Waals surface area (Å²) in [5, 5.41) is 3.19. The Bertz CT molecular complexity index is 138. The number of piperidine rings is 1. The number of rotatable bonds is 4. The first-order valence-corrected chi connectivity index (χ1v) is 5.27. The van der Waals surface area contributed by atoms with Gasteiger partial charge in [0.2, 0.25) is 0 Å². The van der Waals surface area contributed by atoms with E-state index in [9.17, 15) is 0 Å². The van der Waals surface area contributed by atoms with Crippen LogP contribution in [0.15, 0.2) is 0 Å². The summed E-state index contributed by atoms with van der Waals surface area (Å²) in [5.41, 5.74) is 0. The maximum Gasteiger partial charge on any atom is 0.0221 e. The van der Waals surface area contributed by atoms with E-state index in [2.05, 4.69) is 29.2 Å². The third-order valence-corrected chi connectivity index (χ3v) is 2.94. The number of nitrogens with one attached hydrogen (secondary N) is 1. The van der Waals surface area contributed by atoms with Crippen molar-refractivity contribution in [1.82, 2.24) is 15.1 Å². The third-order valence-electron chi connectivity index (χ3n) is 2.94. The fourth-order valence-electron chi connectivity index (χ4n) is 1.97. The quantitative estimate of drug-likeness (QED) is 0.676. The van der Waals surface area contributed by atoms with Crippen molar-refractivity contribution in [2.75, 3.05) is 47.3 Å². The van der Waals surface area contributed by atoms with Gasteiger partial charge in [-0.25, -0.2) is 0 Å². The zero-order chi connectivity index (χ0) is 9.68. The summed E-state index contributed by atoms with van der Waals surface area (Å²) in [7, 11) is 6.47. The Morgan fingerprint density at radius 2 is 2.31 bits per heavy atom. The number of hydrogen-bond donors (Lipinski definition) is 1. The first kappa shape index (κ1) is 11.0. The van der Waals surface area contributed by atoms with Gasteiger partial charge < -0.3 is 15.1 Å². The minimum Gasteiger partial charge on any atom is -0.318 e. The maximum atomic E-state index is 3.19. The maximum absolute atomic E-state index is 3.19. The molecule has 0 aromatic rings. The summed E-state index contributed by atoms with van der Waals surface area (Å²) >= 11 is 0. The second-order valence-corrected chi connectivity index (χ2v) is 4.14. The van der Waals surface area contributed by atoms with E-state index in [1.807, 2.05) is 7.05 Å². The van der Waals surface area contributed by atoms with E-state index in [0.717, 1.165) is 19.1 Å². The normalized spacial score (nSPS) is 25.4. The van der Waals surface area contributed by atoms with Crippen LogP contribution in [0, 0.1) is 0 Å².